The van der Waals surface area contributed by atoms with Crippen LogP contribution >= 0.6 is 0 Å². The fourth-order valence-corrected chi connectivity index (χ4v) is 1.59. The number of rotatable bonds is 4. The Hall–Kier alpha value is -3.03. The van der Waals surface area contributed by atoms with Gasteiger partial charge in [0.1, 0.15) is 0 Å². The third kappa shape index (κ3) is 2.69. The molecule has 20 heavy (non-hydrogen) atoms. The summed E-state index contributed by atoms with van der Waals surface area (Å²) in [5.41, 5.74) is 0.629. The van der Waals surface area contributed by atoms with Gasteiger partial charge in [-0.05, 0) is 30.7 Å². The molecule has 2 rings (SSSR count). The second-order valence-corrected chi connectivity index (χ2v) is 3.92. The molecule has 8 nitrogen and oxygen atoms in total. The predicted molar refractivity (Wildman–Crippen MR) is 69.9 cm³/mol. The average Bonchev–Trinajstić information content (AvgIpc) is 2.78. The fraction of sp³-hybridized carbons (Fsp3) is 0.0833. The zero-order chi connectivity index (χ0) is 14.7. The van der Waals surface area contributed by atoms with Crippen molar-refractivity contribution in [2.45, 2.75) is 6.92 Å². The van der Waals surface area contributed by atoms with Crippen molar-refractivity contribution in [2.75, 3.05) is 0 Å². The zero-order valence-electron chi connectivity index (χ0n) is 10.3. The minimum Gasteiger partial charge on any atom is -0.349 e. The molecule has 2 aromatic rings. The van der Waals surface area contributed by atoms with Crippen LogP contribution in [0.15, 0.2) is 28.8 Å². The van der Waals surface area contributed by atoms with Gasteiger partial charge in [-0.15, -0.1) is 0 Å². The highest BCUT2D eigenvalue weighted by molar-refractivity contribution is 5.72. The molecule has 0 saturated carbocycles. The Kier molecular flexibility index (Phi) is 3.56. The van der Waals surface area contributed by atoms with E-state index in [1.54, 1.807) is 6.08 Å². The smallest absolute Gasteiger partial charge is 0.338 e. The Labute approximate surface area is 112 Å². The lowest BCUT2D eigenvalue weighted by Crippen LogP contribution is -1.90. The lowest BCUT2D eigenvalue weighted by atomic mass is 10.2. The minimum atomic E-state index is -0.568. The Morgan fingerprint density at radius 3 is 2.30 bits per heavy atom. The van der Waals surface area contributed by atoms with E-state index in [0.717, 1.165) is 0 Å². The standard InChI is InChI=1S/C12H9N3O5/c1-8-12(15(18)19)11(20-13-8)7-4-9-2-5-10(6-3-9)14(16)17/h2-7H,1H3/b7-4+. The number of benzene rings is 1. The molecule has 1 aromatic heterocycles. The summed E-state index contributed by atoms with van der Waals surface area (Å²) < 4.78 is 4.85. The summed E-state index contributed by atoms with van der Waals surface area (Å²) in [7, 11) is 0. The first kappa shape index (κ1) is 13.4. The third-order valence-corrected chi connectivity index (χ3v) is 2.57. The van der Waals surface area contributed by atoms with E-state index in [4.69, 9.17) is 4.52 Å². The molecule has 1 aromatic carbocycles. The zero-order valence-corrected chi connectivity index (χ0v) is 10.3. The van der Waals surface area contributed by atoms with E-state index in [-0.39, 0.29) is 22.8 Å². The van der Waals surface area contributed by atoms with Gasteiger partial charge in [-0.2, -0.15) is 0 Å². The highest BCUT2D eigenvalue weighted by Crippen LogP contribution is 2.24. The van der Waals surface area contributed by atoms with Gasteiger partial charge in [0, 0.05) is 12.1 Å². The Morgan fingerprint density at radius 2 is 1.75 bits per heavy atom. The summed E-state index contributed by atoms with van der Waals surface area (Å²) in [6.45, 7) is 1.48. The van der Waals surface area contributed by atoms with Gasteiger partial charge in [-0.3, -0.25) is 20.2 Å². The van der Waals surface area contributed by atoms with Crippen molar-refractivity contribution in [3.8, 4) is 0 Å². The number of non-ortho nitro benzene ring substituents is 1. The van der Waals surface area contributed by atoms with Crippen molar-refractivity contribution in [3.05, 3.63) is 61.5 Å². The van der Waals surface area contributed by atoms with E-state index in [1.807, 2.05) is 0 Å². The van der Waals surface area contributed by atoms with Crippen LogP contribution in [0.5, 0.6) is 0 Å². The predicted octanol–water partition coefficient (Wildman–Crippen LogP) is 2.97. The van der Waals surface area contributed by atoms with E-state index in [2.05, 4.69) is 5.16 Å². The number of hydrogen-bond acceptors (Lipinski definition) is 6. The number of aryl methyl sites for hydroxylation is 1. The second-order valence-electron chi connectivity index (χ2n) is 3.92. The number of aromatic nitrogens is 1. The summed E-state index contributed by atoms with van der Waals surface area (Å²) in [4.78, 5) is 20.3. The molecule has 0 aliphatic carbocycles. The number of hydrogen-bond donors (Lipinski definition) is 0. The lowest BCUT2D eigenvalue weighted by Gasteiger charge is -1.93. The van der Waals surface area contributed by atoms with Crippen LogP contribution in [0.25, 0.3) is 12.2 Å². The van der Waals surface area contributed by atoms with Gasteiger partial charge in [-0.25, -0.2) is 0 Å². The van der Waals surface area contributed by atoms with Gasteiger partial charge in [-0.1, -0.05) is 11.2 Å². The summed E-state index contributed by atoms with van der Waals surface area (Å²) in [5.74, 6) is 0.0332. The van der Waals surface area contributed by atoms with Crippen LogP contribution in [-0.2, 0) is 0 Å². The van der Waals surface area contributed by atoms with Gasteiger partial charge < -0.3 is 4.52 Å². The molecule has 8 heteroatoms. The first-order valence-electron chi connectivity index (χ1n) is 5.52. The van der Waals surface area contributed by atoms with Crippen LogP contribution in [0.4, 0.5) is 11.4 Å². The molecule has 0 fully saturated rings. The SMILES string of the molecule is Cc1noc(/C=C/c2ccc([N+](=O)[O-])cc2)c1[N+](=O)[O-]. The van der Waals surface area contributed by atoms with Gasteiger partial charge in [0.05, 0.1) is 9.85 Å². The van der Waals surface area contributed by atoms with Crippen molar-refractivity contribution in [3.63, 3.8) is 0 Å². The molecule has 0 unspecified atom stereocenters. The summed E-state index contributed by atoms with van der Waals surface area (Å²) in [5, 5.41) is 24.9. The normalized spacial score (nSPS) is 10.8. The molecule has 0 N–H and O–H groups in total. The van der Waals surface area contributed by atoms with E-state index in [0.29, 0.717) is 5.56 Å². The molecular weight excluding hydrogens is 266 g/mol. The van der Waals surface area contributed by atoms with Crippen LogP contribution in [0, 0.1) is 27.2 Å². The maximum atomic E-state index is 10.8. The molecule has 0 saturated heterocycles. The monoisotopic (exact) mass is 275 g/mol. The van der Waals surface area contributed by atoms with E-state index in [1.165, 1.54) is 37.3 Å². The number of nitro benzene ring substituents is 1. The van der Waals surface area contributed by atoms with Crippen molar-refractivity contribution in [2.24, 2.45) is 0 Å². The maximum absolute atomic E-state index is 10.8. The molecule has 0 spiro atoms. The molecule has 0 amide bonds. The first-order chi connectivity index (χ1) is 9.49. The molecule has 0 bridgehead atoms. The molecule has 0 radical (unpaired) electrons. The number of nitro groups is 2. The van der Waals surface area contributed by atoms with E-state index >= 15 is 0 Å². The average molecular weight is 275 g/mol. The van der Waals surface area contributed by atoms with Crippen molar-refractivity contribution >= 4 is 23.5 Å². The van der Waals surface area contributed by atoms with E-state index in [9.17, 15) is 20.2 Å². The fourth-order valence-electron chi connectivity index (χ4n) is 1.59. The summed E-state index contributed by atoms with van der Waals surface area (Å²) in [6, 6.07) is 5.76. The topological polar surface area (TPSA) is 112 Å². The Balaban J connectivity index is 2.25. The highest BCUT2D eigenvalue weighted by Gasteiger charge is 2.21. The quantitative estimate of drug-likeness (QED) is 0.626. The van der Waals surface area contributed by atoms with Crippen molar-refractivity contribution < 1.29 is 14.4 Å². The molecule has 0 aliphatic rings. The third-order valence-electron chi connectivity index (χ3n) is 2.57. The second kappa shape index (κ2) is 5.31. The van der Waals surface area contributed by atoms with Gasteiger partial charge in [0.25, 0.3) is 5.69 Å². The van der Waals surface area contributed by atoms with E-state index < -0.39 is 9.85 Å². The minimum absolute atomic E-state index is 0.0244. The van der Waals surface area contributed by atoms with Crippen molar-refractivity contribution in [1.82, 2.24) is 5.16 Å². The summed E-state index contributed by atoms with van der Waals surface area (Å²) >= 11 is 0. The van der Waals surface area contributed by atoms with Gasteiger partial charge in [0.2, 0.25) is 5.76 Å². The molecular formula is C12H9N3O5. The highest BCUT2D eigenvalue weighted by atomic mass is 16.6. The van der Waals surface area contributed by atoms with Crippen LogP contribution < -0.4 is 0 Å². The molecule has 1 heterocycles. The molecule has 102 valence electrons. The van der Waals surface area contributed by atoms with Gasteiger partial charge in [0.15, 0.2) is 5.69 Å². The Bertz CT molecular complexity index is 688. The van der Waals surface area contributed by atoms with Gasteiger partial charge >= 0.3 is 5.69 Å². The largest absolute Gasteiger partial charge is 0.349 e. The van der Waals surface area contributed by atoms with Crippen LogP contribution in [0.3, 0.4) is 0 Å². The summed E-state index contributed by atoms with van der Waals surface area (Å²) in [6.07, 6.45) is 2.95. The maximum Gasteiger partial charge on any atom is 0.338 e. The molecule has 0 aliphatic heterocycles. The molecule has 0 atom stereocenters. The van der Waals surface area contributed by atoms with Crippen LogP contribution in [0.1, 0.15) is 17.0 Å². The lowest BCUT2D eigenvalue weighted by molar-refractivity contribution is -0.386. The first-order valence-corrected chi connectivity index (χ1v) is 5.52. The van der Waals surface area contributed by atoms with Crippen molar-refractivity contribution in [1.29, 1.82) is 0 Å². The Morgan fingerprint density at radius 1 is 1.10 bits per heavy atom. The number of nitrogens with zero attached hydrogens (tertiary/aromatic N) is 3. The van der Waals surface area contributed by atoms with Crippen LogP contribution in [0.2, 0.25) is 0 Å². The van der Waals surface area contributed by atoms with Crippen LogP contribution in [-0.4, -0.2) is 15.0 Å².